The van der Waals surface area contributed by atoms with Crippen LogP contribution in [0.5, 0.6) is 0 Å². The summed E-state index contributed by atoms with van der Waals surface area (Å²) in [6.45, 7) is 11.8. The van der Waals surface area contributed by atoms with Crippen molar-refractivity contribution in [3.05, 3.63) is 0 Å². The van der Waals surface area contributed by atoms with Crippen molar-refractivity contribution < 1.29 is 80.2 Å². The molecule has 17 nitrogen and oxygen atoms in total. The first-order valence-electron chi connectivity index (χ1n) is 36.4. The first-order valence-corrected chi connectivity index (χ1v) is 39.4. The largest absolute Gasteiger partial charge is 0.472 e. The van der Waals surface area contributed by atoms with Crippen LogP contribution in [0, 0.1) is 17.8 Å². The minimum Gasteiger partial charge on any atom is -0.462 e. The van der Waals surface area contributed by atoms with Crippen LogP contribution in [0.4, 0.5) is 0 Å². The van der Waals surface area contributed by atoms with E-state index in [0.717, 1.165) is 114 Å². The van der Waals surface area contributed by atoms with Crippen LogP contribution in [0.15, 0.2) is 0 Å². The average molecular weight is 1310 g/mol. The highest BCUT2D eigenvalue weighted by Crippen LogP contribution is 2.45. The second-order valence-electron chi connectivity index (χ2n) is 26.5. The number of phosphoric acid groups is 2. The quantitative estimate of drug-likeness (QED) is 0.0222. The smallest absolute Gasteiger partial charge is 0.462 e. The summed E-state index contributed by atoms with van der Waals surface area (Å²) in [5, 5.41) is 10.6. The highest BCUT2D eigenvalue weighted by molar-refractivity contribution is 7.47. The van der Waals surface area contributed by atoms with Crippen molar-refractivity contribution in [1.82, 2.24) is 0 Å². The molecule has 19 heteroatoms. The van der Waals surface area contributed by atoms with Gasteiger partial charge in [-0.1, -0.05) is 299 Å². The molecule has 528 valence electrons. The Morgan fingerprint density at radius 1 is 0.326 bits per heavy atom. The highest BCUT2D eigenvalue weighted by atomic mass is 31.2. The molecule has 3 unspecified atom stereocenters. The van der Waals surface area contributed by atoms with Crippen LogP contribution in [-0.4, -0.2) is 96.7 Å². The normalized spacial score (nSPS) is 14.5. The minimum absolute atomic E-state index is 0.106. The fourth-order valence-corrected chi connectivity index (χ4v) is 12.1. The van der Waals surface area contributed by atoms with E-state index in [1.165, 1.54) is 154 Å². The van der Waals surface area contributed by atoms with Crippen molar-refractivity contribution in [2.24, 2.45) is 17.8 Å². The predicted molar refractivity (Wildman–Crippen MR) is 358 cm³/mol. The van der Waals surface area contributed by atoms with Gasteiger partial charge in [-0.3, -0.25) is 37.3 Å². The molecule has 0 aromatic carbocycles. The molecular formula is C70H136O17P2. The topological polar surface area (TPSA) is 237 Å². The molecule has 0 saturated carbocycles. The number of hydrogen-bond donors (Lipinski definition) is 3. The Kier molecular flexibility index (Phi) is 59.6. The van der Waals surface area contributed by atoms with E-state index in [0.29, 0.717) is 25.7 Å². The number of carbonyl (C=O) groups excluding carboxylic acids is 4. The maximum absolute atomic E-state index is 13.0. The van der Waals surface area contributed by atoms with Crippen LogP contribution in [0.3, 0.4) is 0 Å². The Labute approximate surface area is 543 Å². The van der Waals surface area contributed by atoms with E-state index in [1.54, 1.807) is 0 Å². The first kappa shape index (κ1) is 87.1. The molecule has 3 N–H and O–H groups in total. The van der Waals surface area contributed by atoms with Gasteiger partial charge in [0.05, 0.1) is 26.4 Å². The minimum atomic E-state index is -4.95. The van der Waals surface area contributed by atoms with Crippen LogP contribution in [0.1, 0.15) is 350 Å². The van der Waals surface area contributed by atoms with E-state index < -0.39 is 97.5 Å². The van der Waals surface area contributed by atoms with E-state index in [1.807, 2.05) is 0 Å². The Morgan fingerprint density at radius 2 is 0.573 bits per heavy atom. The molecular weight excluding hydrogens is 1170 g/mol. The second kappa shape index (κ2) is 61.0. The molecule has 89 heavy (non-hydrogen) atoms. The number of aliphatic hydroxyl groups is 1. The molecule has 0 heterocycles. The molecule has 0 radical (unpaired) electrons. The summed E-state index contributed by atoms with van der Waals surface area (Å²) in [7, 11) is -9.90. The van der Waals surface area contributed by atoms with Gasteiger partial charge in [0.25, 0.3) is 0 Å². The Bertz CT molecular complexity index is 1750. The van der Waals surface area contributed by atoms with Crippen LogP contribution >= 0.6 is 15.6 Å². The summed E-state index contributed by atoms with van der Waals surface area (Å²) in [5.74, 6) is 0.125. The molecule has 0 spiro atoms. The van der Waals surface area contributed by atoms with Crippen molar-refractivity contribution in [1.29, 1.82) is 0 Å². The van der Waals surface area contributed by atoms with Gasteiger partial charge in [0.2, 0.25) is 0 Å². The fraction of sp³-hybridized carbons (Fsp3) is 0.943. The van der Waals surface area contributed by atoms with Gasteiger partial charge in [0.15, 0.2) is 12.2 Å². The summed E-state index contributed by atoms with van der Waals surface area (Å²) in [6.07, 6.45) is 44.4. The summed E-state index contributed by atoms with van der Waals surface area (Å²) < 4.78 is 68.2. The average Bonchev–Trinajstić information content (AvgIpc) is 3.52. The summed E-state index contributed by atoms with van der Waals surface area (Å²) >= 11 is 0. The summed E-state index contributed by atoms with van der Waals surface area (Å²) in [5.41, 5.74) is 0. The van der Waals surface area contributed by atoms with Crippen molar-refractivity contribution in [2.45, 2.75) is 369 Å². The van der Waals surface area contributed by atoms with Crippen molar-refractivity contribution in [2.75, 3.05) is 39.6 Å². The SMILES string of the molecule is CCCCCCCCCCCCCC(=O)O[C@H](COC(=O)CCCCCCCCC(C)CC)COP(=O)(O)OC[C@H](O)COP(=O)(O)OC[C@@H](COC(=O)CCCCCCCCCCC(C)C)OC(=O)CCCCCCCCCCCCCCCCC(C)C. The maximum atomic E-state index is 13.0. The van der Waals surface area contributed by atoms with Gasteiger partial charge >= 0.3 is 39.5 Å². The molecule has 0 rings (SSSR count). The zero-order chi connectivity index (χ0) is 65.9. The summed E-state index contributed by atoms with van der Waals surface area (Å²) in [4.78, 5) is 72.5. The Hall–Kier alpha value is -1.94. The second-order valence-corrected chi connectivity index (χ2v) is 29.4. The molecule has 0 aliphatic carbocycles. The number of carbonyl (C=O) groups is 4. The lowest BCUT2D eigenvalue weighted by Gasteiger charge is -2.21. The number of esters is 4. The van der Waals surface area contributed by atoms with Gasteiger partial charge in [-0.2, -0.15) is 0 Å². The predicted octanol–water partition coefficient (Wildman–Crippen LogP) is 19.8. The van der Waals surface area contributed by atoms with E-state index in [4.69, 9.17) is 37.0 Å². The number of phosphoric ester groups is 2. The molecule has 0 fully saturated rings. The van der Waals surface area contributed by atoms with Crippen molar-refractivity contribution in [3.63, 3.8) is 0 Å². The third-order valence-electron chi connectivity index (χ3n) is 16.5. The van der Waals surface area contributed by atoms with Crippen molar-refractivity contribution in [3.8, 4) is 0 Å². The van der Waals surface area contributed by atoms with Crippen LogP contribution in [-0.2, 0) is 65.4 Å². The number of ether oxygens (including phenoxy) is 4. The van der Waals surface area contributed by atoms with Crippen LogP contribution < -0.4 is 0 Å². The van der Waals surface area contributed by atoms with Gasteiger partial charge < -0.3 is 33.8 Å². The molecule has 0 aliphatic rings. The number of unbranched alkanes of at least 4 members (excludes halogenated alkanes) is 35. The number of hydrogen-bond acceptors (Lipinski definition) is 15. The molecule has 6 atom stereocenters. The number of rotatable bonds is 68. The van der Waals surface area contributed by atoms with Gasteiger partial charge in [-0.05, 0) is 43.4 Å². The van der Waals surface area contributed by atoms with E-state index in [2.05, 4.69) is 48.5 Å². The lowest BCUT2D eigenvalue weighted by molar-refractivity contribution is -0.161. The fourth-order valence-electron chi connectivity index (χ4n) is 10.5. The lowest BCUT2D eigenvalue weighted by atomic mass is 10.00. The molecule has 0 bridgehead atoms. The van der Waals surface area contributed by atoms with Gasteiger partial charge in [0.1, 0.15) is 19.3 Å². The molecule has 0 saturated heterocycles. The Balaban J connectivity index is 5.23. The van der Waals surface area contributed by atoms with Crippen molar-refractivity contribution >= 4 is 39.5 Å². The zero-order valence-corrected chi connectivity index (χ0v) is 59.7. The standard InChI is InChI=1S/C70H136O17P2/c1-8-10-11-12-13-14-19-23-30-39-46-53-69(74)87-66(58-81-68(73)52-45-38-33-32-36-43-50-63(7)9-2)60-85-89(78,79)83-56-64(71)55-82-88(76,77)84-59-65(57-80-67(72)51-44-37-29-26-25-28-35-42-49-62(5)6)86-70(75)54-47-40-31-24-21-18-16-15-17-20-22-27-34-41-48-61(3)4/h61-66,71H,8-60H2,1-7H3,(H,76,77)(H,78,79)/t63?,64-,65-,66-/m1/s1. The van der Waals surface area contributed by atoms with Gasteiger partial charge in [-0.25, -0.2) is 9.13 Å². The third kappa shape index (κ3) is 63.2. The monoisotopic (exact) mass is 1310 g/mol. The maximum Gasteiger partial charge on any atom is 0.472 e. The third-order valence-corrected chi connectivity index (χ3v) is 18.4. The molecule has 0 aromatic rings. The Morgan fingerprint density at radius 3 is 0.854 bits per heavy atom. The highest BCUT2D eigenvalue weighted by Gasteiger charge is 2.30. The molecule has 0 aliphatic heterocycles. The summed E-state index contributed by atoms with van der Waals surface area (Å²) in [6, 6.07) is 0. The molecule has 0 amide bonds. The van der Waals surface area contributed by atoms with E-state index >= 15 is 0 Å². The van der Waals surface area contributed by atoms with Crippen LogP contribution in [0.25, 0.3) is 0 Å². The number of aliphatic hydroxyl groups excluding tert-OH is 1. The van der Waals surface area contributed by atoms with Gasteiger partial charge in [0, 0.05) is 25.7 Å². The first-order chi connectivity index (χ1) is 42.8. The van der Waals surface area contributed by atoms with E-state index in [-0.39, 0.29) is 25.7 Å². The molecule has 0 aromatic heterocycles. The van der Waals surface area contributed by atoms with Gasteiger partial charge in [-0.15, -0.1) is 0 Å². The zero-order valence-electron chi connectivity index (χ0n) is 57.9. The van der Waals surface area contributed by atoms with E-state index in [9.17, 15) is 43.2 Å². The lowest BCUT2D eigenvalue weighted by Crippen LogP contribution is -2.30. The van der Waals surface area contributed by atoms with Crippen LogP contribution in [0.2, 0.25) is 0 Å².